The van der Waals surface area contributed by atoms with Crippen molar-refractivity contribution >= 4 is 28.8 Å². The van der Waals surface area contributed by atoms with E-state index in [9.17, 15) is 4.79 Å². The standard InChI is InChI=1S/C18H14ClNOS/c19-15-8-6-14(7-9-15)16-10-11-17(22-16)18(21)20-12-13-4-2-1-3-5-13/h1-11H,12H2,(H,20,21). The van der Waals surface area contributed by atoms with Crippen LogP contribution in [0.25, 0.3) is 10.4 Å². The number of amides is 1. The van der Waals surface area contributed by atoms with E-state index in [1.165, 1.54) is 11.3 Å². The maximum atomic E-state index is 12.2. The molecule has 2 nitrogen and oxygen atoms in total. The Hall–Kier alpha value is -2.10. The molecule has 4 heteroatoms. The Labute approximate surface area is 138 Å². The highest BCUT2D eigenvalue weighted by Crippen LogP contribution is 2.29. The van der Waals surface area contributed by atoms with E-state index in [0.717, 1.165) is 16.0 Å². The molecule has 22 heavy (non-hydrogen) atoms. The van der Waals surface area contributed by atoms with Gasteiger partial charge in [0.15, 0.2) is 0 Å². The average Bonchev–Trinajstić information content (AvgIpc) is 3.04. The lowest BCUT2D eigenvalue weighted by Gasteiger charge is -2.03. The van der Waals surface area contributed by atoms with Crippen LogP contribution in [0.4, 0.5) is 0 Å². The summed E-state index contributed by atoms with van der Waals surface area (Å²) < 4.78 is 0. The van der Waals surface area contributed by atoms with Crippen molar-refractivity contribution in [3.8, 4) is 10.4 Å². The molecule has 0 aliphatic heterocycles. The van der Waals surface area contributed by atoms with Gasteiger partial charge in [-0.3, -0.25) is 4.79 Å². The number of hydrogen-bond acceptors (Lipinski definition) is 2. The van der Waals surface area contributed by atoms with Crippen LogP contribution in [0.3, 0.4) is 0 Å². The fraction of sp³-hybridized carbons (Fsp3) is 0.0556. The van der Waals surface area contributed by atoms with Crippen LogP contribution in [-0.2, 0) is 6.54 Å². The number of carbonyl (C=O) groups excluding carboxylic acids is 1. The van der Waals surface area contributed by atoms with Crippen LogP contribution in [0, 0.1) is 0 Å². The lowest BCUT2D eigenvalue weighted by Crippen LogP contribution is -2.21. The van der Waals surface area contributed by atoms with Gasteiger partial charge in [0, 0.05) is 16.4 Å². The molecule has 1 heterocycles. The van der Waals surface area contributed by atoms with E-state index < -0.39 is 0 Å². The third-order valence-electron chi connectivity index (χ3n) is 3.25. The van der Waals surface area contributed by atoms with Crippen molar-refractivity contribution in [2.75, 3.05) is 0 Å². The van der Waals surface area contributed by atoms with E-state index in [0.29, 0.717) is 16.4 Å². The SMILES string of the molecule is O=C(NCc1ccccc1)c1ccc(-c2ccc(Cl)cc2)s1. The Morgan fingerprint density at radius 3 is 2.41 bits per heavy atom. The number of rotatable bonds is 4. The van der Waals surface area contributed by atoms with Gasteiger partial charge in [0.2, 0.25) is 0 Å². The van der Waals surface area contributed by atoms with E-state index >= 15 is 0 Å². The molecule has 1 amide bonds. The second-order valence-corrected chi connectivity index (χ2v) is 6.36. The largest absolute Gasteiger partial charge is 0.347 e. The minimum Gasteiger partial charge on any atom is -0.347 e. The van der Waals surface area contributed by atoms with Gasteiger partial charge >= 0.3 is 0 Å². The minimum absolute atomic E-state index is 0.0472. The van der Waals surface area contributed by atoms with Crippen LogP contribution in [0.1, 0.15) is 15.2 Å². The topological polar surface area (TPSA) is 29.1 Å². The highest BCUT2D eigenvalue weighted by atomic mass is 35.5. The third-order valence-corrected chi connectivity index (χ3v) is 4.64. The zero-order chi connectivity index (χ0) is 15.4. The Morgan fingerprint density at radius 2 is 1.68 bits per heavy atom. The summed E-state index contributed by atoms with van der Waals surface area (Å²) in [6.07, 6.45) is 0. The molecule has 0 aliphatic carbocycles. The molecule has 0 fully saturated rings. The zero-order valence-electron chi connectivity index (χ0n) is 11.8. The Balaban J connectivity index is 1.68. The Kier molecular flexibility index (Phi) is 4.56. The predicted octanol–water partition coefficient (Wildman–Crippen LogP) is 5.00. The number of nitrogens with one attached hydrogen (secondary N) is 1. The van der Waals surface area contributed by atoms with E-state index in [4.69, 9.17) is 11.6 Å². The van der Waals surface area contributed by atoms with E-state index in [2.05, 4.69) is 5.32 Å². The molecule has 0 atom stereocenters. The monoisotopic (exact) mass is 327 g/mol. The third kappa shape index (κ3) is 3.56. The van der Waals surface area contributed by atoms with Gasteiger partial charge in [-0.15, -0.1) is 11.3 Å². The predicted molar refractivity (Wildman–Crippen MR) is 92.4 cm³/mol. The van der Waals surface area contributed by atoms with Crippen molar-refractivity contribution in [2.45, 2.75) is 6.54 Å². The van der Waals surface area contributed by atoms with Gasteiger partial charge in [0.05, 0.1) is 4.88 Å². The van der Waals surface area contributed by atoms with Crippen molar-refractivity contribution in [1.29, 1.82) is 0 Å². The van der Waals surface area contributed by atoms with Gasteiger partial charge in [-0.2, -0.15) is 0 Å². The van der Waals surface area contributed by atoms with Crippen LogP contribution < -0.4 is 5.32 Å². The fourth-order valence-electron chi connectivity index (χ4n) is 2.09. The van der Waals surface area contributed by atoms with Gasteiger partial charge in [-0.05, 0) is 35.4 Å². The fourth-order valence-corrected chi connectivity index (χ4v) is 3.15. The Bertz CT molecular complexity index is 765. The van der Waals surface area contributed by atoms with Crippen molar-refractivity contribution in [3.63, 3.8) is 0 Å². The normalized spacial score (nSPS) is 10.4. The van der Waals surface area contributed by atoms with Crippen molar-refractivity contribution in [1.82, 2.24) is 5.32 Å². The maximum Gasteiger partial charge on any atom is 0.261 e. The molecule has 2 aromatic carbocycles. The molecule has 110 valence electrons. The molecule has 1 N–H and O–H groups in total. The number of benzene rings is 2. The quantitative estimate of drug-likeness (QED) is 0.718. The molecular formula is C18H14ClNOS. The lowest BCUT2D eigenvalue weighted by atomic mass is 10.2. The van der Waals surface area contributed by atoms with Crippen LogP contribution in [-0.4, -0.2) is 5.91 Å². The molecule has 3 rings (SSSR count). The van der Waals surface area contributed by atoms with Crippen LogP contribution >= 0.6 is 22.9 Å². The summed E-state index contributed by atoms with van der Waals surface area (Å²) in [6.45, 7) is 0.536. The second-order valence-electron chi connectivity index (χ2n) is 4.84. The molecule has 3 aromatic rings. The molecule has 0 saturated heterocycles. The molecule has 1 aromatic heterocycles. The summed E-state index contributed by atoms with van der Waals surface area (Å²) in [5.41, 5.74) is 2.15. The number of carbonyl (C=O) groups is 1. The summed E-state index contributed by atoms with van der Waals surface area (Å²) in [5.74, 6) is -0.0472. The van der Waals surface area contributed by atoms with Gasteiger partial charge in [-0.1, -0.05) is 54.1 Å². The van der Waals surface area contributed by atoms with Crippen LogP contribution in [0.5, 0.6) is 0 Å². The maximum absolute atomic E-state index is 12.2. The molecule has 0 spiro atoms. The van der Waals surface area contributed by atoms with E-state index in [1.807, 2.05) is 66.7 Å². The molecule has 0 unspecified atom stereocenters. The zero-order valence-corrected chi connectivity index (χ0v) is 13.3. The average molecular weight is 328 g/mol. The number of halogens is 1. The summed E-state index contributed by atoms with van der Waals surface area (Å²) in [4.78, 5) is 14.0. The molecule has 0 saturated carbocycles. The smallest absolute Gasteiger partial charge is 0.261 e. The number of thiophene rings is 1. The lowest BCUT2D eigenvalue weighted by molar-refractivity contribution is 0.0955. The van der Waals surface area contributed by atoms with Crippen LogP contribution in [0.15, 0.2) is 66.7 Å². The molecule has 0 aliphatic rings. The summed E-state index contributed by atoms with van der Waals surface area (Å²) in [6, 6.07) is 21.3. The van der Waals surface area contributed by atoms with Crippen molar-refractivity contribution in [2.24, 2.45) is 0 Å². The van der Waals surface area contributed by atoms with Crippen LogP contribution in [0.2, 0.25) is 5.02 Å². The highest BCUT2D eigenvalue weighted by molar-refractivity contribution is 7.17. The van der Waals surface area contributed by atoms with Gasteiger partial charge < -0.3 is 5.32 Å². The second kappa shape index (κ2) is 6.77. The minimum atomic E-state index is -0.0472. The van der Waals surface area contributed by atoms with Gasteiger partial charge in [0.1, 0.15) is 0 Å². The highest BCUT2D eigenvalue weighted by Gasteiger charge is 2.10. The summed E-state index contributed by atoms with van der Waals surface area (Å²) >= 11 is 7.37. The van der Waals surface area contributed by atoms with Gasteiger partial charge in [-0.25, -0.2) is 0 Å². The van der Waals surface area contributed by atoms with E-state index in [-0.39, 0.29) is 5.91 Å². The van der Waals surface area contributed by atoms with E-state index in [1.54, 1.807) is 0 Å². The summed E-state index contributed by atoms with van der Waals surface area (Å²) in [7, 11) is 0. The Morgan fingerprint density at radius 1 is 0.955 bits per heavy atom. The summed E-state index contributed by atoms with van der Waals surface area (Å²) in [5, 5.41) is 3.65. The molecule has 0 bridgehead atoms. The number of hydrogen-bond donors (Lipinski definition) is 1. The molecule has 0 radical (unpaired) electrons. The van der Waals surface area contributed by atoms with Crippen molar-refractivity contribution in [3.05, 3.63) is 82.2 Å². The van der Waals surface area contributed by atoms with Crippen molar-refractivity contribution < 1.29 is 4.79 Å². The first-order valence-corrected chi connectivity index (χ1v) is 8.10. The first-order valence-electron chi connectivity index (χ1n) is 6.90. The molecular weight excluding hydrogens is 314 g/mol. The first kappa shape index (κ1) is 14.8. The van der Waals surface area contributed by atoms with Gasteiger partial charge in [0.25, 0.3) is 5.91 Å². The first-order chi connectivity index (χ1) is 10.7.